The van der Waals surface area contributed by atoms with E-state index < -0.39 is 0 Å². The molecule has 0 spiro atoms. The Morgan fingerprint density at radius 1 is 1.23 bits per heavy atom. The van der Waals surface area contributed by atoms with Gasteiger partial charge in [-0.3, -0.25) is 9.78 Å². The number of nitrogens with zero attached hydrogens (tertiary/aromatic N) is 4. The molecule has 7 nitrogen and oxygen atoms in total. The number of aromatic nitrogens is 4. The molecule has 0 amide bonds. The molecule has 0 fully saturated rings. The van der Waals surface area contributed by atoms with Crippen LogP contribution in [0.15, 0.2) is 34.2 Å². The van der Waals surface area contributed by atoms with E-state index in [9.17, 15) is 4.79 Å². The van der Waals surface area contributed by atoms with Crippen molar-refractivity contribution >= 4 is 35.4 Å². The van der Waals surface area contributed by atoms with E-state index in [-0.39, 0.29) is 11.5 Å². The van der Waals surface area contributed by atoms with Gasteiger partial charge in [-0.2, -0.15) is 5.10 Å². The fraction of sp³-hybridized carbons (Fsp3) is 0.176. The van der Waals surface area contributed by atoms with Crippen LogP contribution in [0.3, 0.4) is 0 Å². The van der Waals surface area contributed by atoms with Crippen LogP contribution in [0.25, 0.3) is 5.69 Å². The molecular formula is C17H16Cl2N6O. The van der Waals surface area contributed by atoms with Gasteiger partial charge in [0, 0.05) is 17.0 Å². The first-order valence-electron chi connectivity index (χ1n) is 7.74. The van der Waals surface area contributed by atoms with Crippen LogP contribution in [-0.4, -0.2) is 26.0 Å². The zero-order valence-electron chi connectivity index (χ0n) is 14.3. The van der Waals surface area contributed by atoms with Crippen molar-refractivity contribution in [2.45, 2.75) is 20.8 Å². The molecule has 2 heterocycles. The molecule has 134 valence electrons. The molecule has 0 unspecified atom stereocenters. The maximum atomic E-state index is 11.5. The molecular weight excluding hydrogens is 375 g/mol. The Morgan fingerprint density at radius 2 is 2.00 bits per heavy atom. The lowest BCUT2D eigenvalue weighted by Crippen LogP contribution is -2.15. The molecule has 2 aromatic heterocycles. The molecule has 2 N–H and O–H groups in total. The van der Waals surface area contributed by atoms with Gasteiger partial charge in [0.25, 0.3) is 5.56 Å². The van der Waals surface area contributed by atoms with Gasteiger partial charge in [0.15, 0.2) is 0 Å². The van der Waals surface area contributed by atoms with Gasteiger partial charge in [-0.1, -0.05) is 29.3 Å². The van der Waals surface area contributed by atoms with Gasteiger partial charge in [0.05, 0.1) is 21.9 Å². The molecule has 1 aromatic carbocycles. The lowest BCUT2D eigenvalue weighted by atomic mass is 10.2. The van der Waals surface area contributed by atoms with Crippen molar-refractivity contribution in [3.63, 3.8) is 0 Å². The van der Waals surface area contributed by atoms with Crippen LogP contribution in [0.2, 0.25) is 10.0 Å². The van der Waals surface area contributed by atoms with Crippen LogP contribution < -0.4 is 11.0 Å². The highest BCUT2D eigenvalue weighted by Crippen LogP contribution is 2.31. The fourth-order valence-corrected chi connectivity index (χ4v) is 2.94. The van der Waals surface area contributed by atoms with Crippen LogP contribution in [0.5, 0.6) is 0 Å². The molecule has 0 atom stereocenters. The number of rotatable bonds is 4. The van der Waals surface area contributed by atoms with Gasteiger partial charge in [0.1, 0.15) is 5.69 Å². The average molecular weight is 391 g/mol. The number of anilines is 1. The Bertz CT molecular complexity index is 1050. The Balaban J connectivity index is 1.89. The summed E-state index contributed by atoms with van der Waals surface area (Å²) in [4.78, 5) is 14.1. The molecule has 0 aliphatic carbocycles. The lowest BCUT2D eigenvalue weighted by Gasteiger charge is -2.12. The second kappa shape index (κ2) is 7.31. The summed E-state index contributed by atoms with van der Waals surface area (Å²) in [6.07, 6.45) is 1.64. The topological polar surface area (TPSA) is 88.0 Å². The minimum Gasteiger partial charge on any atom is -0.316 e. The van der Waals surface area contributed by atoms with Crippen LogP contribution in [0.1, 0.15) is 22.6 Å². The monoisotopic (exact) mass is 390 g/mol. The highest BCUT2D eigenvalue weighted by Gasteiger charge is 2.13. The first-order chi connectivity index (χ1) is 12.4. The SMILES string of the molecule is Cc1nnc(N/N=C\c2cc(C)n(-c3cccc(Cl)c3Cl)c2C)[nH]c1=O. The molecule has 3 aromatic rings. The smallest absolute Gasteiger partial charge is 0.274 e. The third kappa shape index (κ3) is 3.49. The van der Waals surface area contributed by atoms with Crippen molar-refractivity contribution in [2.24, 2.45) is 5.10 Å². The van der Waals surface area contributed by atoms with Crippen molar-refractivity contribution < 1.29 is 0 Å². The summed E-state index contributed by atoms with van der Waals surface area (Å²) in [5, 5.41) is 12.7. The van der Waals surface area contributed by atoms with Gasteiger partial charge in [-0.25, -0.2) is 5.43 Å². The Morgan fingerprint density at radius 3 is 2.73 bits per heavy atom. The number of hydrogen-bond donors (Lipinski definition) is 2. The average Bonchev–Trinajstić information content (AvgIpc) is 2.88. The summed E-state index contributed by atoms with van der Waals surface area (Å²) in [5.41, 5.74) is 6.25. The number of aryl methyl sites for hydroxylation is 2. The summed E-state index contributed by atoms with van der Waals surface area (Å²) < 4.78 is 2.00. The van der Waals surface area contributed by atoms with E-state index in [2.05, 4.69) is 25.7 Å². The number of nitrogens with one attached hydrogen (secondary N) is 2. The van der Waals surface area contributed by atoms with Crippen molar-refractivity contribution in [2.75, 3.05) is 5.43 Å². The van der Waals surface area contributed by atoms with Crippen LogP contribution in [-0.2, 0) is 0 Å². The number of hydrazone groups is 1. The molecule has 9 heteroatoms. The molecule has 0 saturated carbocycles. The van der Waals surface area contributed by atoms with Gasteiger partial charge in [-0.15, -0.1) is 10.2 Å². The standard InChI is InChI=1S/C17H16Cl2N6O/c1-9-7-12(8-20-23-17-21-16(26)10(2)22-24-17)11(3)25(9)14-6-4-5-13(18)15(14)19/h4-8H,1-3H3,(H2,21,23,24,26)/b20-8-. The minimum atomic E-state index is -0.313. The Labute approximate surface area is 159 Å². The van der Waals surface area contributed by atoms with Gasteiger partial charge < -0.3 is 4.57 Å². The fourth-order valence-electron chi connectivity index (χ4n) is 2.56. The number of hydrogen-bond acceptors (Lipinski definition) is 5. The highest BCUT2D eigenvalue weighted by atomic mass is 35.5. The van der Waals surface area contributed by atoms with E-state index in [0.29, 0.717) is 15.7 Å². The summed E-state index contributed by atoms with van der Waals surface area (Å²) >= 11 is 12.5. The summed E-state index contributed by atoms with van der Waals surface area (Å²) in [7, 11) is 0. The van der Waals surface area contributed by atoms with Crippen molar-refractivity contribution in [3.8, 4) is 5.69 Å². The van der Waals surface area contributed by atoms with Crippen molar-refractivity contribution in [3.05, 3.63) is 67.3 Å². The van der Waals surface area contributed by atoms with E-state index in [1.807, 2.05) is 36.6 Å². The predicted octanol–water partition coefficient (Wildman–Crippen LogP) is 3.63. The van der Waals surface area contributed by atoms with Crippen molar-refractivity contribution in [1.29, 1.82) is 0 Å². The summed E-state index contributed by atoms with van der Waals surface area (Å²) in [6, 6.07) is 7.47. The molecule has 0 aliphatic heterocycles. The van der Waals surface area contributed by atoms with Crippen LogP contribution in [0.4, 0.5) is 5.95 Å². The highest BCUT2D eigenvalue weighted by molar-refractivity contribution is 6.43. The third-order valence-electron chi connectivity index (χ3n) is 3.88. The number of halogens is 2. The van der Waals surface area contributed by atoms with E-state index in [4.69, 9.17) is 23.2 Å². The van der Waals surface area contributed by atoms with Crippen LogP contribution in [0, 0.1) is 20.8 Å². The van der Waals surface area contributed by atoms with Crippen molar-refractivity contribution in [1.82, 2.24) is 19.7 Å². The van der Waals surface area contributed by atoms with E-state index in [1.54, 1.807) is 19.2 Å². The zero-order valence-corrected chi connectivity index (χ0v) is 15.9. The molecule has 3 rings (SSSR count). The van der Waals surface area contributed by atoms with Crippen LogP contribution >= 0.6 is 23.2 Å². The quantitative estimate of drug-likeness (QED) is 0.525. The zero-order chi connectivity index (χ0) is 18.8. The predicted molar refractivity (Wildman–Crippen MR) is 104 cm³/mol. The Kier molecular flexibility index (Phi) is 5.11. The maximum absolute atomic E-state index is 11.5. The second-order valence-corrected chi connectivity index (χ2v) is 6.48. The second-order valence-electron chi connectivity index (χ2n) is 5.69. The van der Waals surface area contributed by atoms with Gasteiger partial charge in [0.2, 0.25) is 5.95 Å². The summed E-state index contributed by atoms with van der Waals surface area (Å²) in [5.74, 6) is 0.170. The molecule has 0 aliphatic rings. The van der Waals surface area contributed by atoms with Gasteiger partial charge >= 0.3 is 0 Å². The number of aromatic amines is 1. The summed E-state index contributed by atoms with van der Waals surface area (Å²) in [6.45, 7) is 5.51. The first-order valence-corrected chi connectivity index (χ1v) is 8.50. The van der Waals surface area contributed by atoms with Gasteiger partial charge in [-0.05, 0) is 39.0 Å². The number of H-pyrrole nitrogens is 1. The minimum absolute atomic E-state index is 0.170. The normalized spacial score (nSPS) is 11.3. The molecule has 0 radical (unpaired) electrons. The van der Waals surface area contributed by atoms with E-state index >= 15 is 0 Å². The molecule has 26 heavy (non-hydrogen) atoms. The largest absolute Gasteiger partial charge is 0.316 e. The van der Waals surface area contributed by atoms with E-state index in [0.717, 1.165) is 22.6 Å². The lowest BCUT2D eigenvalue weighted by molar-refractivity contribution is 0.897. The first kappa shape index (κ1) is 18.2. The Hall–Kier alpha value is -2.64. The van der Waals surface area contributed by atoms with E-state index in [1.165, 1.54) is 0 Å². The number of benzene rings is 1. The molecule has 0 saturated heterocycles. The third-order valence-corrected chi connectivity index (χ3v) is 4.69. The maximum Gasteiger partial charge on any atom is 0.274 e. The molecule has 0 bridgehead atoms.